The Morgan fingerprint density at radius 3 is 1.10 bits per heavy atom. The summed E-state index contributed by atoms with van der Waals surface area (Å²) in [6, 6.07) is 10.5. The van der Waals surface area contributed by atoms with Crippen molar-refractivity contribution in [3.63, 3.8) is 0 Å². The van der Waals surface area contributed by atoms with Crippen LogP contribution in [0.3, 0.4) is 0 Å². The Morgan fingerprint density at radius 1 is 0.533 bits per heavy atom. The van der Waals surface area contributed by atoms with Crippen molar-refractivity contribution in [2.24, 2.45) is 23.7 Å². The van der Waals surface area contributed by atoms with Crippen LogP contribution in [0.1, 0.15) is 139 Å². The average Bonchev–Trinajstić information content (AvgIpc) is 3.34. The maximum absolute atomic E-state index is 2.36. The maximum atomic E-state index is 2.36. The molecule has 2 saturated carbocycles. The first-order valence-corrected chi connectivity index (χ1v) is 13.5. The van der Waals surface area contributed by atoms with Crippen LogP contribution in [0.25, 0.3) is 0 Å². The van der Waals surface area contributed by atoms with Crippen molar-refractivity contribution in [2.75, 3.05) is 0 Å². The van der Waals surface area contributed by atoms with Crippen LogP contribution in [0.4, 0.5) is 0 Å². The number of hydrogen-bond donors (Lipinski definition) is 0. The second-order valence-corrected chi connectivity index (χ2v) is 9.50. The summed E-state index contributed by atoms with van der Waals surface area (Å²) >= 11 is 0. The van der Waals surface area contributed by atoms with Gasteiger partial charge in [0.1, 0.15) is 0 Å². The molecule has 2 fully saturated rings. The molecule has 3 rings (SSSR count). The van der Waals surface area contributed by atoms with Crippen molar-refractivity contribution in [2.45, 2.75) is 133 Å². The van der Waals surface area contributed by atoms with Gasteiger partial charge in [0.2, 0.25) is 0 Å². The van der Waals surface area contributed by atoms with Crippen molar-refractivity contribution in [1.82, 2.24) is 0 Å². The highest BCUT2D eigenvalue weighted by Gasteiger charge is 2.17. The average molecular weight is 419 g/mol. The van der Waals surface area contributed by atoms with Crippen LogP contribution in [0.5, 0.6) is 0 Å². The lowest BCUT2D eigenvalue weighted by molar-refractivity contribution is 0.279. The van der Waals surface area contributed by atoms with Gasteiger partial charge in [0.25, 0.3) is 0 Å². The highest BCUT2D eigenvalue weighted by molar-refractivity contribution is 5.17. The molecule has 0 amide bonds. The molecule has 0 radical (unpaired) electrons. The highest BCUT2D eigenvalue weighted by Crippen LogP contribution is 2.30. The van der Waals surface area contributed by atoms with Crippen molar-refractivity contribution < 1.29 is 0 Å². The lowest BCUT2D eigenvalue weighted by atomic mass is 9.82. The van der Waals surface area contributed by atoms with Crippen LogP contribution >= 0.6 is 0 Å². The Bertz CT molecular complexity index is 417. The summed E-state index contributed by atoms with van der Waals surface area (Å²) in [6.45, 7) is 21.8. The van der Waals surface area contributed by atoms with Crippen LogP contribution in [-0.4, -0.2) is 0 Å². The zero-order valence-electron chi connectivity index (χ0n) is 22.6. The van der Waals surface area contributed by atoms with E-state index in [9.17, 15) is 0 Å². The maximum Gasteiger partial charge on any atom is -0.0219 e. The predicted molar refractivity (Wildman–Crippen MR) is 141 cm³/mol. The molecule has 2 aliphatic carbocycles. The summed E-state index contributed by atoms with van der Waals surface area (Å²) in [5.41, 5.74) is 1.41. The van der Waals surface area contributed by atoms with Gasteiger partial charge >= 0.3 is 0 Å². The van der Waals surface area contributed by atoms with Gasteiger partial charge in [0, 0.05) is 0 Å². The standard InChI is InChI=1S/C9H18.C9H12.C8H16.2C2H6/c2*1-8(2)9-6-4-3-5-7-9;1-7(2)8-5-3-4-6-8;2*1-2/h8-9H,3-7H2,1-2H3;3-8H,1-2H3;7-8H,3-6H2,1-2H3;2*1-2H3. The molecule has 0 heterocycles. The fourth-order valence-electron chi connectivity index (χ4n) is 4.26. The van der Waals surface area contributed by atoms with Gasteiger partial charge in [-0.15, -0.1) is 0 Å². The van der Waals surface area contributed by atoms with E-state index in [1.165, 1.54) is 63.4 Å². The molecule has 2 aliphatic rings. The molecule has 0 atom stereocenters. The third-order valence-corrected chi connectivity index (χ3v) is 6.40. The van der Waals surface area contributed by atoms with Gasteiger partial charge in [-0.25, -0.2) is 0 Å². The summed E-state index contributed by atoms with van der Waals surface area (Å²) in [7, 11) is 0. The Morgan fingerprint density at radius 2 is 0.867 bits per heavy atom. The highest BCUT2D eigenvalue weighted by atomic mass is 14.2. The molecule has 0 spiro atoms. The van der Waals surface area contributed by atoms with E-state index < -0.39 is 0 Å². The van der Waals surface area contributed by atoms with E-state index in [-0.39, 0.29) is 0 Å². The summed E-state index contributed by atoms with van der Waals surface area (Å²) in [5, 5.41) is 0. The molecule has 1 aromatic carbocycles. The van der Waals surface area contributed by atoms with Crippen molar-refractivity contribution in [1.29, 1.82) is 0 Å². The lowest BCUT2D eigenvalue weighted by Crippen LogP contribution is -2.12. The molecule has 0 unspecified atom stereocenters. The summed E-state index contributed by atoms with van der Waals surface area (Å²) < 4.78 is 0. The monoisotopic (exact) mass is 418 g/mol. The Labute approximate surface area is 192 Å². The largest absolute Gasteiger partial charge is 0.0683 e. The number of benzene rings is 1. The molecule has 0 N–H and O–H groups in total. The van der Waals surface area contributed by atoms with E-state index in [1.807, 2.05) is 33.8 Å². The Hall–Kier alpha value is -0.780. The first-order chi connectivity index (χ1) is 14.4. The molecule has 30 heavy (non-hydrogen) atoms. The number of rotatable bonds is 3. The van der Waals surface area contributed by atoms with Gasteiger partial charge in [-0.1, -0.05) is 157 Å². The van der Waals surface area contributed by atoms with Gasteiger partial charge in [-0.2, -0.15) is 0 Å². The van der Waals surface area contributed by atoms with Crippen molar-refractivity contribution >= 4 is 0 Å². The predicted octanol–water partition coefficient (Wildman–Crippen LogP) is 10.9. The molecule has 0 nitrogen and oxygen atoms in total. The Balaban J connectivity index is 0. The fourth-order valence-corrected chi connectivity index (χ4v) is 4.26. The summed E-state index contributed by atoms with van der Waals surface area (Å²) in [6.07, 6.45) is 13.4. The normalized spacial score (nSPS) is 16.4. The minimum Gasteiger partial charge on any atom is -0.0683 e. The summed E-state index contributed by atoms with van der Waals surface area (Å²) in [5.74, 6) is 4.66. The van der Waals surface area contributed by atoms with Crippen LogP contribution in [0.2, 0.25) is 0 Å². The van der Waals surface area contributed by atoms with E-state index in [2.05, 4.69) is 65.8 Å². The van der Waals surface area contributed by atoms with E-state index in [4.69, 9.17) is 0 Å². The van der Waals surface area contributed by atoms with Crippen LogP contribution < -0.4 is 0 Å². The van der Waals surface area contributed by atoms with E-state index in [0.29, 0.717) is 5.92 Å². The first-order valence-electron chi connectivity index (χ1n) is 13.5. The van der Waals surface area contributed by atoms with E-state index in [0.717, 1.165) is 23.7 Å². The molecule has 1 aromatic rings. The van der Waals surface area contributed by atoms with E-state index in [1.54, 1.807) is 0 Å². The van der Waals surface area contributed by atoms with E-state index >= 15 is 0 Å². The molecule has 0 aromatic heterocycles. The SMILES string of the molecule is CC.CC.CC(C)C1CCCC1.CC(C)C1CCCCC1.CC(C)c1ccccc1. The van der Waals surface area contributed by atoms with Gasteiger partial charge in [-0.3, -0.25) is 0 Å². The van der Waals surface area contributed by atoms with Crippen molar-refractivity contribution in [3.8, 4) is 0 Å². The molecule has 0 heteroatoms. The zero-order valence-corrected chi connectivity index (χ0v) is 22.6. The minimum atomic E-state index is 0.659. The van der Waals surface area contributed by atoms with Gasteiger partial charge in [-0.05, 0) is 35.2 Å². The molecular formula is C30H58. The van der Waals surface area contributed by atoms with Crippen LogP contribution in [0.15, 0.2) is 30.3 Å². The minimum absolute atomic E-state index is 0.659. The second-order valence-electron chi connectivity index (χ2n) is 9.50. The number of hydrogen-bond acceptors (Lipinski definition) is 0. The quantitative estimate of drug-likeness (QED) is 0.457. The topological polar surface area (TPSA) is 0 Å². The zero-order chi connectivity index (χ0) is 23.4. The Kier molecular flexibility index (Phi) is 22.5. The molecule has 178 valence electrons. The summed E-state index contributed by atoms with van der Waals surface area (Å²) in [4.78, 5) is 0. The lowest BCUT2D eigenvalue weighted by Gasteiger charge is -2.24. The molecule has 0 bridgehead atoms. The molecule has 0 aliphatic heterocycles. The van der Waals surface area contributed by atoms with Crippen LogP contribution in [0, 0.1) is 23.7 Å². The fraction of sp³-hybridized carbons (Fsp3) is 0.800. The van der Waals surface area contributed by atoms with Gasteiger partial charge in [0.05, 0.1) is 0 Å². The second kappa shape index (κ2) is 21.5. The smallest absolute Gasteiger partial charge is 0.0219 e. The van der Waals surface area contributed by atoms with Gasteiger partial charge in [0.15, 0.2) is 0 Å². The van der Waals surface area contributed by atoms with Crippen LogP contribution in [-0.2, 0) is 0 Å². The molecular weight excluding hydrogens is 360 g/mol. The third-order valence-electron chi connectivity index (χ3n) is 6.40. The first kappa shape index (κ1) is 31.4. The third kappa shape index (κ3) is 16.0. The van der Waals surface area contributed by atoms with Crippen molar-refractivity contribution in [3.05, 3.63) is 35.9 Å². The molecule has 0 saturated heterocycles. The van der Waals surface area contributed by atoms with Gasteiger partial charge < -0.3 is 0 Å².